The zero-order valence-electron chi connectivity index (χ0n) is 10.9. The molecule has 0 aliphatic carbocycles. The van der Waals surface area contributed by atoms with E-state index in [0.29, 0.717) is 0 Å². The van der Waals surface area contributed by atoms with E-state index >= 15 is 0 Å². The van der Waals surface area contributed by atoms with Gasteiger partial charge in [0.2, 0.25) is 0 Å². The van der Waals surface area contributed by atoms with Gasteiger partial charge in [0.15, 0.2) is 0 Å². The molecule has 0 aromatic rings. The third-order valence-electron chi connectivity index (χ3n) is 3.84. The van der Waals surface area contributed by atoms with Gasteiger partial charge in [0.05, 0.1) is 12.6 Å². The van der Waals surface area contributed by atoms with E-state index in [1.54, 1.807) is 0 Å². The fourth-order valence-corrected chi connectivity index (χ4v) is 2.69. The monoisotopic (exact) mass is 227 g/mol. The molecule has 1 heterocycles. The van der Waals surface area contributed by atoms with E-state index in [2.05, 4.69) is 44.3 Å². The second-order valence-corrected chi connectivity index (χ2v) is 4.55. The smallest absolute Gasteiger partial charge is 0.112 e. The Morgan fingerprint density at radius 2 is 2.12 bits per heavy atom. The molecule has 1 aliphatic heterocycles. The van der Waals surface area contributed by atoms with Gasteiger partial charge in [0.1, 0.15) is 5.76 Å². The Morgan fingerprint density at radius 3 is 2.44 bits per heavy atom. The minimum Gasteiger partial charge on any atom is -0.496 e. The number of ether oxygens (including phenoxy) is 1. The first-order valence-electron chi connectivity index (χ1n) is 6.08. The molecule has 0 fully saturated rings. The Kier molecular flexibility index (Phi) is 4.77. The average Bonchev–Trinajstić information content (AvgIpc) is 2.78. The molecule has 1 atom stereocenters. The summed E-state index contributed by atoms with van der Waals surface area (Å²) in [6.07, 6.45) is 5.21. The van der Waals surface area contributed by atoms with Crippen molar-refractivity contribution in [1.29, 1.82) is 0 Å². The van der Waals surface area contributed by atoms with Gasteiger partial charge < -0.3 is 9.64 Å². The Bertz CT molecular complexity index is 247. The first-order chi connectivity index (χ1) is 7.62. The quantitative estimate of drug-likeness (QED) is 0.529. The summed E-state index contributed by atoms with van der Waals surface area (Å²) < 4.78 is 5.66. The number of likely N-dealkylation sites (N-methyl/N-ethyl adjacent to an activating group) is 1. The third-order valence-corrected chi connectivity index (χ3v) is 3.84. The Morgan fingerprint density at radius 1 is 1.50 bits per heavy atom. The number of nitrogens with two attached hydrogens (primary N) is 1. The molecule has 3 N–H and O–H groups in total. The molecule has 0 saturated heterocycles. The van der Waals surface area contributed by atoms with Crippen LogP contribution in [0.3, 0.4) is 0 Å². The highest BCUT2D eigenvalue weighted by molar-refractivity contribution is 5.16. The van der Waals surface area contributed by atoms with Gasteiger partial charge in [-0.3, -0.25) is 5.84 Å². The van der Waals surface area contributed by atoms with Gasteiger partial charge in [0, 0.05) is 12.0 Å². The van der Waals surface area contributed by atoms with Crippen LogP contribution in [0.15, 0.2) is 11.8 Å². The number of hydrazine groups is 1. The summed E-state index contributed by atoms with van der Waals surface area (Å²) in [7, 11) is 4.21. The van der Waals surface area contributed by atoms with Crippen LogP contribution in [0.25, 0.3) is 0 Å². The van der Waals surface area contributed by atoms with E-state index < -0.39 is 0 Å². The first-order valence-corrected chi connectivity index (χ1v) is 6.08. The SMILES string of the molecule is CCC(CC)(C(NN)C1=CCCO1)N(C)C. The molecule has 1 rings (SSSR count). The molecule has 94 valence electrons. The molecule has 1 aliphatic rings. The minimum atomic E-state index is 0.0188. The molecule has 0 aromatic heterocycles. The highest BCUT2D eigenvalue weighted by Crippen LogP contribution is 2.31. The lowest BCUT2D eigenvalue weighted by Gasteiger charge is -2.44. The molecule has 1 unspecified atom stereocenters. The first kappa shape index (κ1) is 13.5. The van der Waals surface area contributed by atoms with Crippen LogP contribution >= 0.6 is 0 Å². The molecule has 0 amide bonds. The van der Waals surface area contributed by atoms with Crippen molar-refractivity contribution < 1.29 is 4.74 Å². The van der Waals surface area contributed by atoms with Crippen molar-refractivity contribution in [1.82, 2.24) is 10.3 Å². The molecule has 0 radical (unpaired) electrons. The second kappa shape index (κ2) is 5.66. The normalized spacial score (nSPS) is 18.5. The van der Waals surface area contributed by atoms with Gasteiger partial charge in [-0.1, -0.05) is 13.8 Å². The number of hydrogen-bond acceptors (Lipinski definition) is 4. The number of nitrogens with one attached hydrogen (secondary N) is 1. The van der Waals surface area contributed by atoms with Crippen LogP contribution in [0.2, 0.25) is 0 Å². The molecule has 4 heteroatoms. The summed E-state index contributed by atoms with van der Waals surface area (Å²) in [5.41, 5.74) is 2.95. The summed E-state index contributed by atoms with van der Waals surface area (Å²) in [6.45, 7) is 5.18. The van der Waals surface area contributed by atoms with E-state index in [4.69, 9.17) is 10.6 Å². The van der Waals surface area contributed by atoms with Crippen LogP contribution in [0.4, 0.5) is 0 Å². The van der Waals surface area contributed by atoms with Crippen LogP contribution in [-0.4, -0.2) is 37.2 Å². The minimum absolute atomic E-state index is 0.0188. The summed E-state index contributed by atoms with van der Waals surface area (Å²) >= 11 is 0. The van der Waals surface area contributed by atoms with Crippen molar-refractivity contribution in [2.75, 3.05) is 20.7 Å². The van der Waals surface area contributed by atoms with Crippen molar-refractivity contribution in [2.45, 2.75) is 44.7 Å². The van der Waals surface area contributed by atoms with E-state index in [0.717, 1.165) is 31.6 Å². The highest BCUT2D eigenvalue weighted by atomic mass is 16.5. The topological polar surface area (TPSA) is 50.5 Å². The number of hydrogen-bond donors (Lipinski definition) is 2. The fourth-order valence-electron chi connectivity index (χ4n) is 2.69. The number of rotatable bonds is 6. The van der Waals surface area contributed by atoms with E-state index in [1.807, 2.05) is 0 Å². The van der Waals surface area contributed by atoms with Crippen LogP contribution < -0.4 is 11.3 Å². The Hall–Kier alpha value is -0.580. The van der Waals surface area contributed by atoms with Crippen molar-refractivity contribution in [3.63, 3.8) is 0 Å². The van der Waals surface area contributed by atoms with Crippen LogP contribution in [0, 0.1) is 0 Å². The summed E-state index contributed by atoms with van der Waals surface area (Å²) in [5, 5.41) is 0. The number of nitrogens with zero attached hydrogens (tertiary/aromatic N) is 1. The maximum atomic E-state index is 5.73. The van der Waals surface area contributed by atoms with Crippen molar-refractivity contribution >= 4 is 0 Å². The Balaban J connectivity index is 2.97. The zero-order valence-corrected chi connectivity index (χ0v) is 10.9. The molecule has 0 saturated carbocycles. The van der Waals surface area contributed by atoms with Gasteiger partial charge in [-0.05, 0) is 33.0 Å². The lowest BCUT2D eigenvalue weighted by atomic mass is 9.82. The molecule has 0 bridgehead atoms. The lowest BCUT2D eigenvalue weighted by Crippen LogP contribution is -2.61. The second-order valence-electron chi connectivity index (χ2n) is 4.55. The van der Waals surface area contributed by atoms with E-state index in [-0.39, 0.29) is 11.6 Å². The molecular weight excluding hydrogens is 202 g/mol. The maximum absolute atomic E-state index is 5.73. The predicted molar refractivity (Wildman–Crippen MR) is 66.8 cm³/mol. The summed E-state index contributed by atoms with van der Waals surface area (Å²) in [4.78, 5) is 2.25. The van der Waals surface area contributed by atoms with Gasteiger partial charge >= 0.3 is 0 Å². The third kappa shape index (κ3) is 2.24. The molecule has 0 aromatic carbocycles. The van der Waals surface area contributed by atoms with E-state index in [9.17, 15) is 0 Å². The predicted octanol–water partition coefficient (Wildman–Crippen LogP) is 1.24. The van der Waals surface area contributed by atoms with Crippen molar-refractivity contribution in [3.8, 4) is 0 Å². The van der Waals surface area contributed by atoms with Gasteiger partial charge in [-0.25, -0.2) is 5.43 Å². The highest BCUT2D eigenvalue weighted by Gasteiger charge is 2.40. The average molecular weight is 227 g/mol. The Labute approximate surface area is 98.8 Å². The standard InChI is InChI=1S/C12H25N3O/c1-5-12(6-2,15(3)4)11(14-13)10-8-7-9-16-10/h8,11,14H,5-7,9,13H2,1-4H3. The van der Waals surface area contributed by atoms with Crippen LogP contribution in [0.5, 0.6) is 0 Å². The molecule has 4 nitrogen and oxygen atoms in total. The fraction of sp³-hybridized carbons (Fsp3) is 0.833. The summed E-state index contributed by atoms with van der Waals surface area (Å²) in [5.74, 6) is 6.73. The van der Waals surface area contributed by atoms with Gasteiger partial charge in [-0.2, -0.15) is 0 Å². The molecular formula is C12H25N3O. The van der Waals surface area contributed by atoms with Gasteiger partial charge in [-0.15, -0.1) is 0 Å². The largest absolute Gasteiger partial charge is 0.496 e. The summed E-state index contributed by atoms with van der Waals surface area (Å²) in [6, 6.07) is 0.0694. The van der Waals surface area contributed by atoms with Crippen molar-refractivity contribution in [2.24, 2.45) is 5.84 Å². The maximum Gasteiger partial charge on any atom is 0.112 e. The van der Waals surface area contributed by atoms with Crippen LogP contribution in [0.1, 0.15) is 33.1 Å². The molecule has 0 spiro atoms. The zero-order chi connectivity index (χ0) is 12.2. The lowest BCUT2D eigenvalue weighted by molar-refractivity contribution is 0.0723. The van der Waals surface area contributed by atoms with E-state index in [1.165, 1.54) is 0 Å². The van der Waals surface area contributed by atoms with Gasteiger partial charge in [0.25, 0.3) is 0 Å². The van der Waals surface area contributed by atoms with Crippen LogP contribution in [-0.2, 0) is 4.74 Å². The van der Waals surface area contributed by atoms with Crippen molar-refractivity contribution in [3.05, 3.63) is 11.8 Å². The molecule has 16 heavy (non-hydrogen) atoms.